The fourth-order valence-electron chi connectivity index (χ4n) is 1.63. The van der Waals surface area contributed by atoms with E-state index < -0.39 is 17.4 Å². The average Bonchev–Trinajstić information content (AvgIpc) is 2.39. The number of Topliss-reactive ketones (excluding diaryl/α,β-unsaturated/α-hetero) is 1. The van der Waals surface area contributed by atoms with Gasteiger partial charge in [0.25, 0.3) is 0 Å². The molecule has 1 atom stereocenters. The Balaban J connectivity index is 0.00000154. The molecule has 106 valence electrons. The van der Waals surface area contributed by atoms with Gasteiger partial charge in [0.1, 0.15) is 0 Å². The summed E-state index contributed by atoms with van der Waals surface area (Å²) in [5.74, 6) is -1.54. The van der Waals surface area contributed by atoms with Crippen molar-refractivity contribution in [2.75, 3.05) is 7.11 Å². The lowest BCUT2D eigenvalue weighted by molar-refractivity contribution is -0.167. The van der Waals surface area contributed by atoms with Gasteiger partial charge in [0, 0.05) is 43.7 Å². The second-order valence-corrected chi connectivity index (χ2v) is 4.07. The third-order valence-electron chi connectivity index (χ3n) is 2.65. The van der Waals surface area contributed by atoms with E-state index in [4.69, 9.17) is 0 Å². The van der Waals surface area contributed by atoms with Gasteiger partial charge < -0.3 is 9.84 Å². The Hall–Kier alpha value is -0.220. The molecule has 1 aromatic rings. The van der Waals surface area contributed by atoms with Gasteiger partial charge in [0.2, 0.25) is 5.60 Å². The highest BCUT2D eigenvalue weighted by atomic mass is 128. The third-order valence-corrected chi connectivity index (χ3v) is 2.65. The van der Waals surface area contributed by atoms with Crippen LogP contribution in [0, 0.1) is 6.92 Å². The van der Waals surface area contributed by atoms with Crippen LogP contribution in [0.25, 0.3) is 0 Å². The predicted octanol–water partition coefficient (Wildman–Crippen LogP) is 2.80. The van der Waals surface area contributed by atoms with Crippen LogP contribution < -0.4 is 0 Å². The number of hydrogen-bond donors (Lipinski definition) is 1. The van der Waals surface area contributed by atoms with Gasteiger partial charge in [-0.25, -0.2) is 4.79 Å². The number of halogens is 2. The first kappa shape index (κ1) is 18.8. The normalized spacial score (nSPS) is 12.7. The summed E-state index contributed by atoms with van der Waals surface area (Å²) in [6.07, 6.45) is -0.0727. The number of aliphatic hydroxyl groups is 1. The van der Waals surface area contributed by atoms with Gasteiger partial charge in [-0.1, -0.05) is 29.8 Å². The topological polar surface area (TPSA) is 63.6 Å². The molecular weight excluding hydrogens is 474 g/mol. The number of ether oxygens (including phenoxy) is 1. The summed E-state index contributed by atoms with van der Waals surface area (Å²) >= 11 is 4.24. The Morgan fingerprint density at radius 1 is 1.37 bits per heavy atom. The van der Waals surface area contributed by atoms with Crippen LogP contribution in [0.15, 0.2) is 24.3 Å². The number of aryl methyl sites for hydroxylation is 1. The smallest absolute Gasteiger partial charge is 0.346 e. The van der Waals surface area contributed by atoms with Gasteiger partial charge in [-0.05, 0) is 19.4 Å². The summed E-state index contributed by atoms with van der Waals surface area (Å²) < 4.78 is 4.47. The van der Waals surface area contributed by atoms with Crippen molar-refractivity contribution in [3.63, 3.8) is 0 Å². The minimum absolute atomic E-state index is 0.0727. The maximum absolute atomic E-state index is 11.5. The SMILES string of the molecule is COC(=O)C(O)(Cc1cccc(C)c1)C(C)=O.II. The minimum Gasteiger partial charge on any atom is -0.467 e. The molecule has 0 saturated carbocycles. The van der Waals surface area contributed by atoms with Gasteiger partial charge in [-0.2, -0.15) is 0 Å². The maximum atomic E-state index is 11.5. The van der Waals surface area contributed by atoms with E-state index in [1.807, 2.05) is 25.1 Å². The first-order valence-corrected chi connectivity index (χ1v) is 11.7. The summed E-state index contributed by atoms with van der Waals surface area (Å²) in [6.45, 7) is 3.07. The molecule has 0 aliphatic heterocycles. The highest BCUT2D eigenvalue weighted by Gasteiger charge is 2.42. The largest absolute Gasteiger partial charge is 0.467 e. The summed E-state index contributed by atoms with van der Waals surface area (Å²) in [4.78, 5) is 22.9. The summed E-state index contributed by atoms with van der Waals surface area (Å²) in [5, 5.41) is 10.1. The van der Waals surface area contributed by atoms with Crippen LogP contribution in [0.3, 0.4) is 0 Å². The first-order chi connectivity index (χ1) is 8.90. The molecule has 1 unspecified atom stereocenters. The van der Waals surface area contributed by atoms with E-state index in [9.17, 15) is 14.7 Å². The van der Waals surface area contributed by atoms with Crippen molar-refractivity contribution in [1.82, 2.24) is 0 Å². The van der Waals surface area contributed by atoms with Crippen molar-refractivity contribution in [3.05, 3.63) is 35.4 Å². The molecule has 0 aliphatic rings. The molecule has 6 heteroatoms. The highest BCUT2D eigenvalue weighted by Crippen LogP contribution is 2.17. The van der Waals surface area contributed by atoms with E-state index >= 15 is 0 Å². The number of carbonyl (C=O) groups is 2. The molecule has 0 bridgehead atoms. The highest BCUT2D eigenvalue weighted by molar-refractivity contribution is 15.0. The first-order valence-electron chi connectivity index (χ1n) is 5.42. The lowest BCUT2D eigenvalue weighted by atomic mass is 9.90. The standard InChI is InChI=1S/C13H16O4.I2/c1-9-5-4-6-11(7-9)8-13(16,10(2)14)12(15)17-3;1-2/h4-7,16H,8H2,1-3H3;. The van der Waals surface area contributed by atoms with Crippen LogP contribution in [0.2, 0.25) is 0 Å². The van der Waals surface area contributed by atoms with Crippen LogP contribution in [-0.2, 0) is 20.7 Å². The summed E-state index contributed by atoms with van der Waals surface area (Å²) in [7, 11) is 1.15. The molecule has 1 aromatic carbocycles. The molecule has 0 aromatic heterocycles. The van der Waals surface area contributed by atoms with Crippen LogP contribution in [0.5, 0.6) is 0 Å². The zero-order valence-electron chi connectivity index (χ0n) is 10.9. The van der Waals surface area contributed by atoms with Crippen molar-refractivity contribution in [2.24, 2.45) is 0 Å². The van der Waals surface area contributed by atoms with E-state index in [2.05, 4.69) is 42.0 Å². The van der Waals surface area contributed by atoms with Crippen molar-refractivity contribution < 1.29 is 19.4 Å². The Morgan fingerprint density at radius 3 is 2.37 bits per heavy atom. The van der Waals surface area contributed by atoms with Gasteiger partial charge >= 0.3 is 5.97 Å². The summed E-state index contributed by atoms with van der Waals surface area (Å²) in [5.41, 5.74) is -0.380. The molecule has 19 heavy (non-hydrogen) atoms. The maximum Gasteiger partial charge on any atom is 0.346 e. The second-order valence-electron chi connectivity index (χ2n) is 4.07. The predicted molar refractivity (Wildman–Crippen MR) is 90.6 cm³/mol. The second kappa shape index (κ2) is 8.85. The van der Waals surface area contributed by atoms with Crippen molar-refractivity contribution in [3.8, 4) is 0 Å². The van der Waals surface area contributed by atoms with E-state index in [0.717, 1.165) is 12.7 Å². The Kier molecular flexibility index (Phi) is 8.75. The number of carbonyl (C=O) groups excluding carboxylic acids is 2. The van der Waals surface area contributed by atoms with E-state index in [1.54, 1.807) is 6.07 Å². The molecule has 0 amide bonds. The van der Waals surface area contributed by atoms with Crippen molar-refractivity contribution >= 4 is 49.0 Å². The van der Waals surface area contributed by atoms with Crippen molar-refractivity contribution in [1.29, 1.82) is 0 Å². The third kappa shape index (κ3) is 5.35. The zero-order chi connectivity index (χ0) is 15.1. The molecule has 1 N–H and O–H groups in total. The molecular formula is C13H16I2O4. The Morgan fingerprint density at radius 2 is 1.95 bits per heavy atom. The minimum atomic E-state index is -2.09. The summed E-state index contributed by atoms with van der Waals surface area (Å²) in [6, 6.07) is 7.28. The molecule has 0 saturated heterocycles. The van der Waals surface area contributed by atoms with Gasteiger partial charge in [-0.3, -0.25) is 4.79 Å². The number of benzene rings is 1. The van der Waals surface area contributed by atoms with E-state index in [0.29, 0.717) is 5.56 Å². The Labute approximate surface area is 136 Å². The number of hydrogen-bond acceptors (Lipinski definition) is 4. The average molecular weight is 490 g/mol. The van der Waals surface area contributed by atoms with Crippen LogP contribution in [-0.4, -0.2) is 29.6 Å². The Bertz CT molecular complexity index is 448. The number of rotatable bonds is 4. The van der Waals surface area contributed by atoms with Gasteiger partial charge in [-0.15, -0.1) is 0 Å². The van der Waals surface area contributed by atoms with E-state index in [-0.39, 0.29) is 6.42 Å². The lowest BCUT2D eigenvalue weighted by Gasteiger charge is -2.22. The monoisotopic (exact) mass is 490 g/mol. The van der Waals surface area contributed by atoms with Crippen LogP contribution >= 0.6 is 37.2 Å². The fraction of sp³-hybridized carbons (Fsp3) is 0.385. The molecule has 0 radical (unpaired) electrons. The lowest BCUT2D eigenvalue weighted by Crippen LogP contribution is -2.48. The molecule has 4 nitrogen and oxygen atoms in total. The van der Waals surface area contributed by atoms with Crippen LogP contribution in [0.4, 0.5) is 0 Å². The van der Waals surface area contributed by atoms with Gasteiger partial charge in [0.05, 0.1) is 7.11 Å². The van der Waals surface area contributed by atoms with E-state index in [1.165, 1.54) is 6.92 Å². The number of esters is 1. The zero-order valence-corrected chi connectivity index (χ0v) is 15.3. The fourth-order valence-corrected chi connectivity index (χ4v) is 1.63. The van der Waals surface area contributed by atoms with Gasteiger partial charge in [0.15, 0.2) is 5.78 Å². The quantitative estimate of drug-likeness (QED) is 0.401. The molecule has 1 rings (SSSR count). The number of ketones is 1. The molecule has 0 heterocycles. The molecule has 0 aliphatic carbocycles. The van der Waals surface area contributed by atoms with Crippen molar-refractivity contribution in [2.45, 2.75) is 25.9 Å². The van der Waals surface area contributed by atoms with Crippen LogP contribution in [0.1, 0.15) is 18.1 Å². The number of methoxy groups -OCH3 is 1. The molecule has 0 spiro atoms. The molecule has 0 fully saturated rings.